The largest absolute Gasteiger partial charge is 0.204 e. The second-order valence-electron chi connectivity index (χ2n) is 4.36. The molecule has 1 aromatic rings. The molecule has 0 saturated carbocycles. The van der Waals surface area contributed by atoms with Crippen molar-refractivity contribution in [3.05, 3.63) is 34.6 Å². The molecule has 0 spiro atoms. The minimum Gasteiger partial charge on any atom is -0.204 e. The second-order valence-corrected chi connectivity index (χ2v) is 4.36. The van der Waals surface area contributed by atoms with Crippen LogP contribution in [-0.4, -0.2) is 0 Å². The number of hydrogen-bond acceptors (Lipinski definition) is 2. The van der Waals surface area contributed by atoms with Gasteiger partial charge in [0, 0.05) is 0 Å². The molecule has 0 aliphatic carbocycles. The topological polar surface area (TPSA) is 47.6 Å². The summed E-state index contributed by atoms with van der Waals surface area (Å²) in [6.45, 7) is 5.84. The van der Waals surface area contributed by atoms with E-state index >= 15 is 0 Å². The Hall–Kier alpha value is -1.87. The van der Waals surface area contributed by atoms with Gasteiger partial charge in [0.25, 0.3) is 0 Å². The Balaban J connectivity index is 3.51. The third kappa shape index (κ3) is 2.14. The van der Waals surface area contributed by atoms with E-state index in [1.807, 2.05) is 20.8 Å². The van der Waals surface area contributed by atoms with Crippen molar-refractivity contribution in [2.45, 2.75) is 26.2 Å². The van der Waals surface area contributed by atoms with Crippen LogP contribution in [0.2, 0.25) is 0 Å². The summed E-state index contributed by atoms with van der Waals surface area (Å²) in [6, 6.07) is 6.51. The van der Waals surface area contributed by atoms with Gasteiger partial charge in [0.15, 0.2) is 5.82 Å². The van der Waals surface area contributed by atoms with Gasteiger partial charge < -0.3 is 0 Å². The number of nitriles is 2. The molecule has 0 aromatic heterocycles. The molecule has 0 atom stereocenters. The summed E-state index contributed by atoms with van der Waals surface area (Å²) >= 11 is 0. The van der Waals surface area contributed by atoms with Crippen LogP contribution in [0.3, 0.4) is 0 Å². The van der Waals surface area contributed by atoms with Crippen LogP contribution in [0.5, 0.6) is 0 Å². The number of halogens is 1. The first kappa shape index (κ1) is 11.2. The molecule has 3 heteroatoms. The van der Waals surface area contributed by atoms with Crippen LogP contribution < -0.4 is 0 Å². The van der Waals surface area contributed by atoms with Crippen LogP contribution in [0.4, 0.5) is 4.39 Å². The third-order valence-electron chi connectivity index (χ3n) is 2.18. The molecular weight excluding hydrogens is 191 g/mol. The van der Waals surface area contributed by atoms with Crippen molar-refractivity contribution >= 4 is 0 Å². The average molecular weight is 202 g/mol. The first-order chi connectivity index (χ1) is 6.90. The van der Waals surface area contributed by atoms with Gasteiger partial charge in [0.2, 0.25) is 0 Å². The minimum atomic E-state index is -0.729. The van der Waals surface area contributed by atoms with Crippen LogP contribution >= 0.6 is 0 Å². The second kappa shape index (κ2) is 3.71. The summed E-state index contributed by atoms with van der Waals surface area (Å²) in [5.74, 6) is -0.729. The number of nitrogens with zero attached hydrogens (tertiary/aromatic N) is 2. The lowest BCUT2D eigenvalue weighted by molar-refractivity contribution is 0.580. The van der Waals surface area contributed by atoms with Crippen LogP contribution in [0.25, 0.3) is 0 Å². The summed E-state index contributed by atoms with van der Waals surface area (Å²) in [5, 5.41) is 17.5. The highest BCUT2D eigenvalue weighted by atomic mass is 19.1. The van der Waals surface area contributed by atoms with E-state index < -0.39 is 5.82 Å². The molecule has 0 amide bonds. The Labute approximate surface area is 88.6 Å². The fourth-order valence-corrected chi connectivity index (χ4v) is 1.22. The monoisotopic (exact) mass is 202 g/mol. The summed E-state index contributed by atoms with van der Waals surface area (Å²) in [4.78, 5) is 0. The van der Waals surface area contributed by atoms with E-state index in [0.29, 0.717) is 0 Å². The van der Waals surface area contributed by atoms with Crippen LogP contribution in [0.1, 0.15) is 37.5 Å². The quantitative estimate of drug-likeness (QED) is 0.649. The van der Waals surface area contributed by atoms with E-state index in [1.165, 1.54) is 12.1 Å². The molecule has 0 bridgehead atoms. The fourth-order valence-electron chi connectivity index (χ4n) is 1.22. The van der Waals surface area contributed by atoms with Gasteiger partial charge in [-0.15, -0.1) is 0 Å². The van der Waals surface area contributed by atoms with Gasteiger partial charge in [-0.2, -0.15) is 10.5 Å². The molecule has 0 radical (unpaired) electrons. The molecule has 0 unspecified atom stereocenters. The lowest BCUT2D eigenvalue weighted by Crippen LogP contribution is -2.12. The molecule has 15 heavy (non-hydrogen) atoms. The highest BCUT2D eigenvalue weighted by Crippen LogP contribution is 2.26. The molecule has 0 heterocycles. The Morgan fingerprint density at radius 1 is 1.07 bits per heavy atom. The van der Waals surface area contributed by atoms with Crippen molar-refractivity contribution in [3.63, 3.8) is 0 Å². The lowest BCUT2D eigenvalue weighted by Gasteiger charge is -2.19. The maximum Gasteiger partial charge on any atom is 0.158 e. The van der Waals surface area contributed by atoms with Gasteiger partial charge in [0.05, 0.1) is 11.1 Å². The van der Waals surface area contributed by atoms with E-state index in [-0.39, 0.29) is 16.5 Å². The molecule has 1 aromatic carbocycles. The van der Waals surface area contributed by atoms with Crippen molar-refractivity contribution in [2.24, 2.45) is 0 Å². The zero-order chi connectivity index (χ0) is 11.6. The van der Waals surface area contributed by atoms with E-state index in [2.05, 4.69) is 0 Å². The smallest absolute Gasteiger partial charge is 0.158 e. The van der Waals surface area contributed by atoms with Crippen molar-refractivity contribution in [2.75, 3.05) is 0 Å². The normalized spacial score (nSPS) is 10.5. The third-order valence-corrected chi connectivity index (χ3v) is 2.18. The highest BCUT2D eigenvalue weighted by Gasteiger charge is 2.18. The first-order valence-electron chi connectivity index (χ1n) is 4.54. The lowest BCUT2D eigenvalue weighted by atomic mass is 9.85. The van der Waals surface area contributed by atoms with E-state index in [4.69, 9.17) is 10.5 Å². The molecule has 0 aliphatic heterocycles. The number of benzene rings is 1. The van der Waals surface area contributed by atoms with Gasteiger partial charge in [-0.25, -0.2) is 4.39 Å². The van der Waals surface area contributed by atoms with E-state index in [9.17, 15) is 4.39 Å². The van der Waals surface area contributed by atoms with Crippen molar-refractivity contribution in [3.8, 4) is 12.1 Å². The molecule has 76 valence electrons. The molecular formula is C12H11FN2. The van der Waals surface area contributed by atoms with Gasteiger partial charge in [-0.3, -0.25) is 0 Å². The van der Waals surface area contributed by atoms with Crippen LogP contribution in [0.15, 0.2) is 12.1 Å². The SMILES string of the molecule is CC(C)(C)c1cc(C#N)c(F)c(C#N)c1. The van der Waals surface area contributed by atoms with Gasteiger partial charge in [0.1, 0.15) is 12.1 Å². The fraction of sp³-hybridized carbons (Fsp3) is 0.333. The Bertz CT molecular complexity index is 435. The van der Waals surface area contributed by atoms with Crippen LogP contribution in [0, 0.1) is 28.5 Å². The minimum absolute atomic E-state index is 0.0704. The van der Waals surface area contributed by atoms with Crippen molar-refractivity contribution < 1.29 is 4.39 Å². The van der Waals surface area contributed by atoms with Gasteiger partial charge in [-0.1, -0.05) is 20.8 Å². The average Bonchev–Trinajstić information content (AvgIpc) is 2.16. The first-order valence-corrected chi connectivity index (χ1v) is 4.54. The Kier molecular flexibility index (Phi) is 2.77. The summed E-state index contributed by atoms with van der Waals surface area (Å²) in [5.41, 5.74) is 0.445. The summed E-state index contributed by atoms with van der Waals surface area (Å²) in [7, 11) is 0. The zero-order valence-corrected chi connectivity index (χ0v) is 8.93. The van der Waals surface area contributed by atoms with Gasteiger partial charge >= 0.3 is 0 Å². The number of hydrogen-bond donors (Lipinski definition) is 0. The molecule has 2 nitrogen and oxygen atoms in total. The number of rotatable bonds is 0. The summed E-state index contributed by atoms with van der Waals surface area (Å²) < 4.78 is 13.4. The highest BCUT2D eigenvalue weighted by molar-refractivity contribution is 5.46. The predicted molar refractivity (Wildman–Crippen MR) is 54.5 cm³/mol. The standard InChI is InChI=1S/C12H11FN2/c1-12(2,3)10-4-8(6-14)11(13)9(5-10)7-15/h4-5H,1-3H3. The van der Waals surface area contributed by atoms with Crippen LogP contribution in [-0.2, 0) is 5.41 Å². The summed E-state index contributed by atoms with van der Waals surface area (Å²) in [6.07, 6.45) is 0. The molecule has 0 fully saturated rings. The molecule has 0 N–H and O–H groups in total. The van der Waals surface area contributed by atoms with E-state index in [0.717, 1.165) is 5.56 Å². The maximum atomic E-state index is 13.4. The maximum absolute atomic E-state index is 13.4. The Morgan fingerprint density at radius 2 is 1.47 bits per heavy atom. The molecule has 1 rings (SSSR count). The van der Waals surface area contributed by atoms with E-state index in [1.54, 1.807) is 12.1 Å². The molecule has 0 aliphatic rings. The van der Waals surface area contributed by atoms with Crippen molar-refractivity contribution in [1.82, 2.24) is 0 Å². The van der Waals surface area contributed by atoms with Gasteiger partial charge in [-0.05, 0) is 23.1 Å². The predicted octanol–water partition coefficient (Wildman–Crippen LogP) is 2.87. The van der Waals surface area contributed by atoms with Crippen molar-refractivity contribution in [1.29, 1.82) is 10.5 Å². The molecule has 0 saturated heterocycles. The zero-order valence-electron chi connectivity index (χ0n) is 8.93. The Morgan fingerprint density at radius 3 is 1.73 bits per heavy atom.